The van der Waals surface area contributed by atoms with Crippen LogP contribution < -0.4 is 4.74 Å². The molecule has 1 aromatic rings. The minimum Gasteiger partial charge on any atom is -0.406 e. The van der Waals surface area contributed by atoms with Gasteiger partial charge in [0.25, 0.3) is 0 Å². The highest BCUT2D eigenvalue weighted by Crippen LogP contribution is 2.24. The van der Waals surface area contributed by atoms with E-state index in [0.717, 1.165) is 24.8 Å². The first kappa shape index (κ1) is 15.2. The zero-order chi connectivity index (χ0) is 13.6. The summed E-state index contributed by atoms with van der Waals surface area (Å²) >= 11 is 6.07. The first-order chi connectivity index (χ1) is 8.40. The summed E-state index contributed by atoms with van der Waals surface area (Å²) in [5.41, 5.74) is 0.804. The summed E-state index contributed by atoms with van der Waals surface area (Å²) in [6.07, 6.45) is -1.31. The lowest BCUT2D eigenvalue weighted by atomic mass is 10.1. The molecule has 0 spiro atoms. The van der Waals surface area contributed by atoms with E-state index in [-0.39, 0.29) is 11.1 Å². The Morgan fingerprint density at radius 2 is 2.00 bits per heavy atom. The summed E-state index contributed by atoms with van der Waals surface area (Å²) in [5.74, 6) is -0.179. The molecule has 5 heteroatoms. The van der Waals surface area contributed by atoms with Crippen molar-refractivity contribution < 1.29 is 17.9 Å². The molecule has 0 saturated carbocycles. The van der Waals surface area contributed by atoms with E-state index in [4.69, 9.17) is 11.6 Å². The highest BCUT2D eigenvalue weighted by molar-refractivity contribution is 6.20. The van der Waals surface area contributed by atoms with Crippen molar-refractivity contribution in [2.24, 2.45) is 0 Å². The fraction of sp³-hybridized carbons (Fsp3) is 0.538. The van der Waals surface area contributed by atoms with E-state index in [0.29, 0.717) is 6.42 Å². The van der Waals surface area contributed by atoms with Gasteiger partial charge in [0.2, 0.25) is 0 Å². The minimum absolute atomic E-state index is 0.0715. The van der Waals surface area contributed by atoms with E-state index < -0.39 is 6.36 Å². The lowest BCUT2D eigenvalue weighted by Crippen LogP contribution is -2.17. The molecular formula is C13H16ClF3O. The monoisotopic (exact) mass is 280 g/mol. The molecule has 0 aromatic heterocycles. The molecule has 1 atom stereocenters. The van der Waals surface area contributed by atoms with Gasteiger partial charge in [-0.05, 0) is 37.0 Å². The summed E-state index contributed by atoms with van der Waals surface area (Å²) in [7, 11) is 0. The zero-order valence-electron chi connectivity index (χ0n) is 10.1. The van der Waals surface area contributed by atoms with Crippen LogP contribution in [0, 0.1) is 0 Å². The van der Waals surface area contributed by atoms with Crippen LogP contribution in [0.3, 0.4) is 0 Å². The second-order valence-corrected chi connectivity index (χ2v) is 4.74. The second kappa shape index (κ2) is 6.88. The molecule has 0 aliphatic heterocycles. The predicted octanol–water partition coefficient (Wildman–Crippen LogP) is 4.93. The molecule has 0 N–H and O–H groups in total. The average Bonchev–Trinajstić information content (AvgIpc) is 2.25. The number of halogens is 4. The summed E-state index contributed by atoms with van der Waals surface area (Å²) in [4.78, 5) is 0. The molecule has 102 valence electrons. The Labute approximate surface area is 110 Å². The van der Waals surface area contributed by atoms with Crippen LogP contribution in [0.2, 0.25) is 0 Å². The number of hydrogen-bond acceptors (Lipinski definition) is 1. The third-order valence-corrected chi connectivity index (χ3v) is 2.92. The summed E-state index contributed by atoms with van der Waals surface area (Å²) in [6.45, 7) is 2.05. The average molecular weight is 281 g/mol. The van der Waals surface area contributed by atoms with Crippen LogP contribution >= 0.6 is 11.6 Å². The molecular weight excluding hydrogens is 265 g/mol. The fourth-order valence-electron chi connectivity index (χ4n) is 1.68. The van der Waals surface area contributed by atoms with Crippen molar-refractivity contribution in [3.63, 3.8) is 0 Å². The Hall–Kier alpha value is -0.900. The van der Waals surface area contributed by atoms with Gasteiger partial charge in [-0.25, -0.2) is 0 Å². The van der Waals surface area contributed by atoms with Gasteiger partial charge in [0, 0.05) is 5.38 Å². The van der Waals surface area contributed by atoms with Crippen LogP contribution in [0.15, 0.2) is 24.3 Å². The topological polar surface area (TPSA) is 9.23 Å². The van der Waals surface area contributed by atoms with Gasteiger partial charge in [0.05, 0.1) is 0 Å². The standard InChI is InChI=1S/C13H16ClF3O/c1-2-4-11(14)8-7-10-5-3-6-12(9-10)18-13(15,16)17/h3,5-6,9,11H,2,4,7-8H2,1H3. The first-order valence-corrected chi connectivity index (χ1v) is 6.33. The van der Waals surface area contributed by atoms with E-state index in [1.54, 1.807) is 12.1 Å². The molecule has 1 nitrogen and oxygen atoms in total. The van der Waals surface area contributed by atoms with Gasteiger partial charge in [-0.15, -0.1) is 24.8 Å². The van der Waals surface area contributed by atoms with E-state index in [1.807, 2.05) is 6.92 Å². The first-order valence-electron chi connectivity index (χ1n) is 5.89. The molecule has 0 heterocycles. The van der Waals surface area contributed by atoms with Gasteiger partial charge in [0.1, 0.15) is 5.75 Å². The zero-order valence-corrected chi connectivity index (χ0v) is 10.9. The lowest BCUT2D eigenvalue weighted by molar-refractivity contribution is -0.274. The Morgan fingerprint density at radius 1 is 1.28 bits per heavy atom. The van der Waals surface area contributed by atoms with Crippen LogP contribution in [-0.2, 0) is 6.42 Å². The largest absolute Gasteiger partial charge is 0.573 e. The molecule has 0 saturated heterocycles. The van der Waals surface area contributed by atoms with Crippen LogP contribution in [0.25, 0.3) is 0 Å². The number of hydrogen-bond donors (Lipinski definition) is 0. The molecule has 0 bridgehead atoms. The third-order valence-electron chi connectivity index (χ3n) is 2.48. The quantitative estimate of drug-likeness (QED) is 0.672. The normalized spacial score (nSPS) is 13.4. The predicted molar refractivity (Wildman–Crippen MR) is 66.0 cm³/mol. The van der Waals surface area contributed by atoms with Crippen molar-refractivity contribution in [3.8, 4) is 5.75 Å². The summed E-state index contributed by atoms with van der Waals surface area (Å²) in [6, 6.07) is 6.03. The second-order valence-electron chi connectivity index (χ2n) is 4.12. The maximum Gasteiger partial charge on any atom is 0.573 e. The fourth-order valence-corrected chi connectivity index (χ4v) is 2.01. The van der Waals surface area contributed by atoms with Crippen LogP contribution in [0.4, 0.5) is 13.2 Å². The van der Waals surface area contributed by atoms with Crippen molar-refractivity contribution >= 4 is 11.6 Å². The third kappa shape index (κ3) is 6.15. The molecule has 0 radical (unpaired) electrons. The van der Waals surface area contributed by atoms with Gasteiger partial charge in [-0.2, -0.15) is 0 Å². The van der Waals surface area contributed by atoms with Crippen molar-refractivity contribution in [2.75, 3.05) is 0 Å². The van der Waals surface area contributed by atoms with E-state index in [1.165, 1.54) is 12.1 Å². The Kier molecular flexibility index (Phi) is 5.79. The number of ether oxygens (including phenoxy) is 1. The summed E-state index contributed by atoms with van der Waals surface area (Å²) in [5, 5.41) is 0.0715. The van der Waals surface area contributed by atoms with Gasteiger partial charge in [-0.3, -0.25) is 0 Å². The van der Waals surface area contributed by atoms with Gasteiger partial charge in [-0.1, -0.05) is 25.5 Å². The van der Waals surface area contributed by atoms with Crippen LogP contribution in [0.1, 0.15) is 31.7 Å². The molecule has 18 heavy (non-hydrogen) atoms. The molecule has 0 aliphatic carbocycles. The van der Waals surface area contributed by atoms with E-state index in [9.17, 15) is 13.2 Å². The SMILES string of the molecule is CCCC(Cl)CCc1cccc(OC(F)(F)F)c1. The number of aryl methyl sites for hydroxylation is 1. The van der Waals surface area contributed by atoms with Crippen LogP contribution in [0.5, 0.6) is 5.75 Å². The van der Waals surface area contributed by atoms with Gasteiger partial charge < -0.3 is 4.74 Å². The Morgan fingerprint density at radius 3 is 2.61 bits per heavy atom. The molecule has 0 aliphatic rings. The minimum atomic E-state index is -4.64. The molecule has 1 rings (SSSR count). The molecule has 1 aromatic carbocycles. The van der Waals surface area contributed by atoms with E-state index >= 15 is 0 Å². The molecule has 0 amide bonds. The molecule has 0 fully saturated rings. The Balaban J connectivity index is 2.54. The number of alkyl halides is 4. The summed E-state index contributed by atoms with van der Waals surface area (Å²) < 4.78 is 40.0. The maximum absolute atomic E-state index is 12.0. The van der Waals surface area contributed by atoms with Crippen molar-refractivity contribution in [1.82, 2.24) is 0 Å². The van der Waals surface area contributed by atoms with Crippen molar-refractivity contribution in [1.29, 1.82) is 0 Å². The number of rotatable bonds is 6. The number of benzene rings is 1. The highest BCUT2D eigenvalue weighted by atomic mass is 35.5. The van der Waals surface area contributed by atoms with Gasteiger partial charge in [0.15, 0.2) is 0 Å². The van der Waals surface area contributed by atoms with Gasteiger partial charge >= 0.3 is 6.36 Å². The van der Waals surface area contributed by atoms with E-state index in [2.05, 4.69) is 4.74 Å². The Bertz CT molecular complexity index is 365. The molecule has 1 unspecified atom stereocenters. The smallest absolute Gasteiger partial charge is 0.406 e. The lowest BCUT2D eigenvalue weighted by Gasteiger charge is -2.11. The van der Waals surface area contributed by atoms with Crippen molar-refractivity contribution in [3.05, 3.63) is 29.8 Å². The van der Waals surface area contributed by atoms with Crippen molar-refractivity contribution in [2.45, 2.75) is 44.3 Å². The maximum atomic E-state index is 12.0. The highest BCUT2D eigenvalue weighted by Gasteiger charge is 2.31. The van der Waals surface area contributed by atoms with Crippen LogP contribution in [-0.4, -0.2) is 11.7 Å².